The number of alkyl halides is 4. The third-order valence-corrected chi connectivity index (χ3v) is 7.25. The van der Waals surface area contributed by atoms with Gasteiger partial charge in [0.15, 0.2) is 0 Å². The molecule has 0 amide bonds. The molecule has 214 valence electrons. The van der Waals surface area contributed by atoms with Crippen LogP contribution in [0, 0.1) is 0 Å². The number of hydrogen-bond acceptors (Lipinski definition) is 4. The molecule has 0 radical (unpaired) electrons. The summed E-state index contributed by atoms with van der Waals surface area (Å²) in [6.07, 6.45) is -0.927. The Hall–Kier alpha value is -3.52. The minimum absolute atomic E-state index is 0. The first-order valence-electron chi connectivity index (χ1n) is 13.3. The summed E-state index contributed by atoms with van der Waals surface area (Å²) >= 11 is 0. The van der Waals surface area contributed by atoms with E-state index in [0.717, 1.165) is 84.5 Å². The Morgan fingerprint density at radius 3 is 2.30 bits per heavy atom. The van der Waals surface area contributed by atoms with Crippen LogP contribution in [-0.2, 0) is 6.42 Å². The van der Waals surface area contributed by atoms with Gasteiger partial charge in [0.1, 0.15) is 23.4 Å². The van der Waals surface area contributed by atoms with Crippen molar-refractivity contribution in [3.63, 3.8) is 0 Å². The van der Waals surface area contributed by atoms with Gasteiger partial charge in [-0.1, -0.05) is 37.8 Å². The van der Waals surface area contributed by atoms with Gasteiger partial charge in [-0.05, 0) is 102 Å². The topological polar surface area (TPSA) is 41.9 Å². The number of fused-ring (bicyclic) bond motifs is 1. The first-order valence-corrected chi connectivity index (χ1v) is 13.3. The summed E-state index contributed by atoms with van der Waals surface area (Å²) < 4.78 is 60.8. The predicted molar refractivity (Wildman–Crippen MR) is 149 cm³/mol. The molecule has 1 atom stereocenters. The van der Waals surface area contributed by atoms with Crippen LogP contribution in [0.15, 0.2) is 66.7 Å². The van der Waals surface area contributed by atoms with Gasteiger partial charge in [-0.3, -0.25) is 9.29 Å². The summed E-state index contributed by atoms with van der Waals surface area (Å²) in [4.78, 5) is 2.22. The Bertz CT molecular complexity index is 1300. The molecule has 3 aromatic rings. The van der Waals surface area contributed by atoms with E-state index in [1.165, 1.54) is 12.1 Å². The van der Waals surface area contributed by atoms with Gasteiger partial charge >= 0.3 is 6.36 Å². The van der Waals surface area contributed by atoms with Crippen LogP contribution in [0.1, 0.15) is 55.4 Å². The van der Waals surface area contributed by atoms with Crippen molar-refractivity contribution in [2.45, 2.75) is 52.0 Å². The molecule has 5 rings (SSSR count). The highest BCUT2D eigenvalue weighted by atomic mass is 19.4. The van der Waals surface area contributed by atoms with Crippen LogP contribution in [-0.4, -0.2) is 48.8 Å². The number of phenolic OH excluding ortho intramolecular Hbond substituents is 1. The second-order valence-corrected chi connectivity index (χ2v) is 10.0. The van der Waals surface area contributed by atoms with E-state index in [1.54, 1.807) is 24.3 Å². The number of rotatable bonds is 8. The zero-order chi connectivity index (χ0) is 27.4. The van der Waals surface area contributed by atoms with Crippen molar-refractivity contribution in [1.29, 1.82) is 0 Å². The molecule has 1 N–H and O–H groups in total. The van der Waals surface area contributed by atoms with E-state index in [-0.39, 0.29) is 31.7 Å². The number of halogens is 4. The van der Waals surface area contributed by atoms with Crippen molar-refractivity contribution in [2.24, 2.45) is 0 Å². The molecule has 4 nitrogen and oxygen atoms in total. The minimum Gasteiger partial charge on any atom is -0.508 e. The molecule has 1 aliphatic heterocycles. The van der Waals surface area contributed by atoms with Crippen LogP contribution in [0.3, 0.4) is 0 Å². The summed E-state index contributed by atoms with van der Waals surface area (Å²) in [5, 5.41) is 10.1. The lowest BCUT2D eigenvalue weighted by atomic mass is 9.88. The Kier molecular flexibility index (Phi) is 9.40. The maximum atomic E-state index is 12.7. The van der Waals surface area contributed by atoms with Gasteiger partial charge < -0.3 is 14.6 Å². The lowest BCUT2D eigenvalue weighted by Gasteiger charge is -2.19. The summed E-state index contributed by atoms with van der Waals surface area (Å²) in [5.74, 6) is 0.696. The fourth-order valence-electron chi connectivity index (χ4n) is 5.52. The number of nitrogens with zero attached hydrogens (tertiary/aromatic N) is 1. The van der Waals surface area contributed by atoms with Crippen LogP contribution in [0.5, 0.6) is 17.2 Å². The first-order chi connectivity index (χ1) is 18.8. The third-order valence-electron chi connectivity index (χ3n) is 7.25. The van der Waals surface area contributed by atoms with Gasteiger partial charge in [0.25, 0.3) is 0 Å². The molecule has 3 aromatic carbocycles. The van der Waals surface area contributed by atoms with E-state index < -0.39 is 6.36 Å². The summed E-state index contributed by atoms with van der Waals surface area (Å²) in [7, 11) is 0. The number of likely N-dealkylation sites (tertiary alicyclic amines) is 1. The standard InChI is InChI=1S/C31H31F4NO3.CH4/c32-16-2-17-36-18-15-27(20-36)38-25-10-7-22(8-11-25)30-28(4-1-3-23-19-24(37)9-14-29(23)30)21-5-12-26(13-6-21)39-31(33,34)35;/h5-14,19,27,37H,1-4,15-18,20H2;1H4/t27-;/m0./s1. The van der Waals surface area contributed by atoms with Gasteiger partial charge in [-0.15, -0.1) is 13.2 Å². The fraction of sp³-hybridized carbons (Fsp3) is 0.375. The molecule has 1 heterocycles. The molecule has 0 spiro atoms. The van der Waals surface area contributed by atoms with E-state index in [1.807, 2.05) is 30.3 Å². The molecule has 0 saturated carbocycles. The fourth-order valence-corrected chi connectivity index (χ4v) is 5.52. The van der Waals surface area contributed by atoms with Crippen LogP contribution < -0.4 is 9.47 Å². The van der Waals surface area contributed by atoms with Gasteiger partial charge in [0.2, 0.25) is 0 Å². The lowest BCUT2D eigenvalue weighted by molar-refractivity contribution is -0.274. The van der Waals surface area contributed by atoms with Crippen LogP contribution in [0.25, 0.3) is 11.1 Å². The van der Waals surface area contributed by atoms with E-state index in [9.17, 15) is 22.7 Å². The van der Waals surface area contributed by atoms with Gasteiger partial charge in [0.05, 0.1) is 6.67 Å². The molecule has 2 aliphatic rings. The van der Waals surface area contributed by atoms with Crippen LogP contribution in [0.2, 0.25) is 0 Å². The SMILES string of the molecule is C.Oc1ccc2c(c1)CCCC(c1ccc(OC(F)(F)F)cc1)=C2c1ccc(O[C@H]2CCN(CCCF)C2)cc1. The van der Waals surface area contributed by atoms with E-state index >= 15 is 0 Å². The quantitative estimate of drug-likeness (QED) is 0.285. The van der Waals surface area contributed by atoms with E-state index in [0.29, 0.717) is 6.42 Å². The number of hydrogen-bond donors (Lipinski definition) is 1. The zero-order valence-corrected chi connectivity index (χ0v) is 21.5. The monoisotopic (exact) mass is 557 g/mol. The minimum atomic E-state index is -4.75. The average molecular weight is 558 g/mol. The number of aryl methyl sites for hydroxylation is 1. The molecule has 1 saturated heterocycles. The highest BCUT2D eigenvalue weighted by Crippen LogP contribution is 2.41. The van der Waals surface area contributed by atoms with Crippen molar-refractivity contribution in [3.05, 3.63) is 89.0 Å². The maximum absolute atomic E-state index is 12.7. The second kappa shape index (κ2) is 12.8. The summed E-state index contributed by atoms with van der Waals surface area (Å²) in [6.45, 7) is 2.11. The van der Waals surface area contributed by atoms with Crippen molar-refractivity contribution < 1.29 is 32.1 Å². The lowest BCUT2D eigenvalue weighted by Crippen LogP contribution is -2.26. The zero-order valence-electron chi connectivity index (χ0n) is 21.5. The molecule has 0 bridgehead atoms. The van der Waals surface area contributed by atoms with E-state index in [4.69, 9.17) is 4.74 Å². The Balaban J connectivity index is 0.00000370. The average Bonchev–Trinajstić information content (AvgIpc) is 3.26. The van der Waals surface area contributed by atoms with Crippen molar-refractivity contribution >= 4 is 11.1 Å². The number of ether oxygens (including phenoxy) is 2. The highest BCUT2D eigenvalue weighted by Gasteiger charge is 2.31. The maximum Gasteiger partial charge on any atom is 0.573 e. The highest BCUT2D eigenvalue weighted by molar-refractivity contribution is 6.00. The summed E-state index contributed by atoms with van der Waals surface area (Å²) in [5.41, 5.74) is 5.79. The van der Waals surface area contributed by atoms with Gasteiger partial charge in [0, 0.05) is 19.6 Å². The molecule has 0 unspecified atom stereocenters. The molecule has 8 heteroatoms. The molecular formula is C32H35F4NO3. The number of benzene rings is 3. The number of allylic oxidation sites excluding steroid dienone is 1. The number of phenols is 1. The van der Waals surface area contributed by atoms with Crippen molar-refractivity contribution in [3.8, 4) is 17.2 Å². The molecule has 1 aliphatic carbocycles. The molecule has 1 fully saturated rings. The van der Waals surface area contributed by atoms with E-state index in [2.05, 4.69) is 9.64 Å². The molecular weight excluding hydrogens is 522 g/mol. The Labute approximate surface area is 232 Å². The Morgan fingerprint density at radius 2 is 1.60 bits per heavy atom. The van der Waals surface area contributed by atoms with Crippen LogP contribution in [0.4, 0.5) is 17.6 Å². The second-order valence-electron chi connectivity index (χ2n) is 10.0. The van der Waals surface area contributed by atoms with Crippen molar-refractivity contribution in [1.82, 2.24) is 4.90 Å². The van der Waals surface area contributed by atoms with Gasteiger partial charge in [-0.25, -0.2) is 0 Å². The Morgan fingerprint density at radius 1 is 0.900 bits per heavy atom. The van der Waals surface area contributed by atoms with Gasteiger partial charge in [-0.2, -0.15) is 0 Å². The largest absolute Gasteiger partial charge is 0.573 e. The number of aromatic hydroxyl groups is 1. The van der Waals surface area contributed by atoms with Crippen molar-refractivity contribution in [2.75, 3.05) is 26.3 Å². The molecule has 0 aromatic heterocycles. The predicted octanol–water partition coefficient (Wildman–Crippen LogP) is 8.04. The third kappa shape index (κ3) is 7.16. The smallest absolute Gasteiger partial charge is 0.508 e. The summed E-state index contributed by atoms with van der Waals surface area (Å²) in [6, 6.07) is 19.2. The molecule has 40 heavy (non-hydrogen) atoms. The normalized spacial score (nSPS) is 17.6. The first kappa shape index (κ1) is 29.5. The van der Waals surface area contributed by atoms with Crippen LogP contribution >= 0.6 is 0 Å².